The predicted molar refractivity (Wildman–Crippen MR) is 136 cm³/mol. The van der Waals surface area contributed by atoms with Crippen LogP contribution < -0.4 is 11.1 Å². The average Bonchev–Trinajstić information content (AvgIpc) is 3.12. The summed E-state index contributed by atoms with van der Waals surface area (Å²) in [6, 6.07) is 21.9. The standard InChI is InChI=1S/C25H19BrN6O2/c26-17-10-11-20(33)16(12-17)14-29-32-23(27)21(25(34)28-13-15-6-2-1-3-7-15)22-24(32)31-19-9-5-4-8-18(19)30-22/h1-12,14,33H,13,27H2,(H,28,34)/b29-14-. The summed E-state index contributed by atoms with van der Waals surface area (Å²) in [6.07, 6.45) is 1.46. The molecule has 168 valence electrons. The zero-order valence-corrected chi connectivity index (χ0v) is 19.4. The molecule has 4 N–H and O–H groups in total. The number of amides is 1. The Morgan fingerprint density at radius 2 is 1.76 bits per heavy atom. The highest BCUT2D eigenvalue weighted by Gasteiger charge is 2.24. The van der Waals surface area contributed by atoms with Crippen LogP contribution in [0.2, 0.25) is 0 Å². The molecule has 0 saturated heterocycles. The van der Waals surface area contributed by atoms with Gasteiger partial charge in [0.25, 0.3) is 5.91 Å². The quantitative estimate of drug-likeness (QED) is 0.299. The van der Waals surface area contributed by atoms with Crippen molar-refractivity contribution in [3.05, 3.63) is 94.0 Å². The highest BCUT2D eigenvalue weighted by atomic mass is 79.9. The number of carbonyl (C=O) groups excluding carboxylic acids is 1. The fourth-order valence-corrected chi connectivity index (χ4v) is 3.98. The van der Waals surface area contributed by atoms with E-state index in [1.807, 2.05) is 54.6 Å². The van der Waals surface area contributed by atoms with Crippen LogP contribution in [0.4, 0.5) is 5.82 Å². The summed E-state index contributed by atoms with van der Waals surface area (Å²) in [5.41, 5.74) is 10.0. The molecular formula is C25H19BrN6O2. The molecule has 5 rings (SSSR count). The van der Waals surface area contributed by atoms with Gasteiger partial charge in [0.05, 0.1) is 17.2 Å². The number of hydrogen-bond donors (Lipinski definition) is 3. The number of hydrogen-bond acceptors (Lipinski definition) is 6. The summed E-state index contributed by atoms with van der Waals surface area (Å²) in [5.74, 6) is -0.226. The van der Waals surface area contributed by atoms with E-state index in [4.69, 9.17) is 5.73 Å². The van der Waals surface area contributed by atoms with Crippen LogP contribution in [0.25, 0.3) is 22.2 Å². The van der Waals surface area contributed by atoms with Gasteiger partial charge in [0, 0.05) is 16.6 Å². The van der Waals surface area contributed by atoms with Crippen molar-refractivity contribution in [1.29, 1.82) is 0 Å². The number of nitrogens with two attached hydrogens (primary N) is 1. The van der Waals surface area contributed by atoms with Gasteiger partial charge in [-0.25, -0.2) is 9.97 Å². The maximum Gasteiger partial charge on any atom is 0.257 e. The number of phenols is 1. The number of fused-ring (bicyclic) bond motifs is 2. The Kier molecular flexibility index (Phi) is 5.69. The number of nitrogens with one attached hydrogen (secondary N) is 1. The lowest BCUT2D eigenvalue weighted by Crippen LogP contribution is -2.23. The smallest absolute Gasteiger partial charge is 0.257 e. The molecule has 0 radical (unpaired) electrons. The number of aromatic nitrogens is 3. The number of carbonyl (C=O) groups is 1. The van der Waals surface area contributed by atoms with Crippen molar-refractivity contribution in [2.24, 2.45) is 5.10 Å². The van der Waals surface area contributed by atoms with Gasteiger partial charge < -0.3 is 16.2 Å². The number of nitrogens with zero attached hydrogens (tertiary/aromatic N) is 4. The minimum atomic E-state index is -0.379. The number of halogens is 1. The third kappa shape index (κ3) is 4.08. The van der Waals surface area contributed by atoms with Gasteiger partial charge in [0.15, 0.2) is 5.65 Å². The number of phenolic OH excluding ortho intramolecular Hbond substituents is 1. The zero-order valence-electron chi connectivity index (χ0n) is 17.8. The Morgan fingerprint density at radius 3 is 2.53 bits per heavy atom. The Bertz CT molecular complexity index is 1560. The zero-order chi connectivity index (χ0) is 23.7. The molecule has 0 aliphatic carbocycles. The highest BCUT2D eigenvalue weighted by Crippen LogP contribution is 2.28. The van der Waals surface area contributed by atoms with Crippen LogP contribution in [0.1, 0.15) is 21.5 Å². The van der Waals surface area contributed by atoms with E-state index >= 15 is 0 Å². The minimum Gasteiger partial charge on any atom is -0.507 e. The van der Waals surface area contributed by atoms with E-state index in [1.165, 1.54) is 10.9 Å². The molecule has 0 fully saturated rings. The number of anilines is 1. The van der Waals surface area contributed by atoms with Gasteiger partial charge in [-0.3, -0.25) is 4.79 Å². The highest BCUT2D eigenvalue weighted by molar-refractivity contribution is 9.10. The third-order valence-corrected chi connectivity index (χ3v) is 5.79. The second-order valence-electron chi connectivity index (χ2n) is 7.57. The Hall–Kier alpha value is -4.24. The third-order valence-electron chi connectivity index (χ3n) is 5.30. The molecule has 0 spiro atoms. The van der Waals surface area contributed by atoms with Crippen molar-refractivity contribution >= 4 is 56.1 Å². The topological polar surface area (TPSA) is 118 Å². The lowest BCUT2D eigenvalue weighted by atomic mass is 10.2. The van der Waals surface area contributed by atoms with Crippen LogP contribution in [0.3, 0.4) is 0 Å². The summed E-state index contributed by atoms with van der Waals surface area (Å²) in [6.45, 7) is 0.335. The molecule has 3 aromatic carbocycles. The first kappa shape index (κ1) is 21.6. The molecule has 2 aromatic heterocycles. The van der Waals surface area contributed by atoms with Crippen LogP contribution in [0.15, 0.2) is 82.4 Å². The van der Waals surface area contributed by atoms with Gasteiger partial charge in [0.2, 0.25) is 0 Å². The van der Waals surface area contributed by atoms with Crippen LogP contribution in [0, 0.1) is 0 Å². The van der Waals surface area contributed by atoms with Crippen molar-refractivity contribution < 1.29 is 9.90 Å². The van der Waals surface area contributed by atoms with Crippen LogP contribution in [-0.2, 0) is 6.54 Å². The fourth-order valence-electron chi connectivity index (χ4n) is 3.60. The minimum absolute atomic E-state index is 0.0549. The first-order valence-corrected chi connectivity index (χ1v) is 11.2. The maximum atomic E-state index is 13.2. The molecular weight excluding hydrogens is 496 g/mol. The molecule has 5 aromatic rings. The Labute approximate surface area is 202 Å². The van der Waals surface area contributed by atoms with Gasteiger partial charge in [-0.05, 0) is 35.9 Å². The van der Waals surface area contributed by atoms with E-state index in [1.54, 1.807) is 18.2 Å². The molecule has 0 bridgehead atoms. The number of rotatable bonds is 5. The summed E-state index contributed by atoms with van der Waals surface area (Å²) in [7, 11) is 0. The van der Waals surface area contributed by atoms with E-state index in [0.29, 0.717) is 34.3 Å². The lowest BCUT2D eigenvalue weighted by Gasteiger charge is -2.05. The lowest BCUT2D eigenvalue weighted by molar-refractivity contribution is 0.0953. The molecule has 0 aliphatic heterocycles. The monoisotopic (exact) mass is 514 g/mol. The van der Waals surface area contributed by atoms with E-state index < -0.39 is 0 Å². The molecule has 1 amide bonds. The van der Waals surface area contributed by atoms with Crippen molar-refractivity contribution in [3.8, 4) is 5.75 Å². The van der Waals surface area contributed by atoms with Crippen molar-refractivity contribution in [1.82, 2.24) is 20.0 Å². The molecule has 0 aliphatic rings. The number of nitrogen functional groups attached to an aromatic ring is 1. The van der Waals surface area contributed by atoms with Crippen LogP contribution >= 0.6 is 15.9 Å². The largest absolute Gasteiger partial charge is 0.507 e. The number of para-hydroxylation sites is 2. The summed E-state index contributed by atoms with van der Waals surface area (Å²) in [5, 5.41) is 17.5. The van der Waals surface area contributed by atoms with Crippen LogP contribution in [0.5, 0.6) is 5.75 Å². The van der Waals surface area contributed by atoms with E-state index in [-0.39, 0.29) is 23.0 Å². The molecule has 8 nitrogen and oxygen atoms in total. The van der Waals surface area contributed by atoms with Crippen LogP contribution in [-0.4, -0.2) is 31.9 Å². The normalized spacial score (nSPS) is 11.4. The van der Waals surface area contributed by atoms with Crippen molar-refractivity contribution in [2.45, 2.75) is 6.54 Å². The van der Waals surface area contributed by atoms with Gasteiger partial charge in [-0.1, -0.05) is 58.4 Å². The fraction of sp³-hybridized carbons (Fsp3) is 0.0400. The average molecular weight is 515 g/mol. The Balaban J connectivity index is 1.62. The van der Waals surface area contributed by atoms with Gasteiger partial charge in [-0.15, -0.1) is 0 Å². The van der Waals surface area contributed by atoms with E-state index in [2.05, 4.69) is 36.3 Å². The summed E-state index contributed by atoms with van der Waals surface area (Å²) < 4.78 is 2.15. The molecule has 0 atom stereocenters. The van der Waals surface area contributed by atoms with Gasteiger partial charge >= 0.3 is 0 Å². The molecule has 9 heteroatoms. The second kappa shape index (κ2) is 8.95. The van der Waals surface area contributed by atoms with Crippen molar-refractivity contribution in [3.63, 3.8) is 0 Å². The molecule has 34 heavy (non-hydrogen) atoms. The Morgan fingerprint density at radius 1 is 1.06 bits per heavy atom. The summed E-state index contributed by atoms with van der Waals surface area (Å²) >= 11 is 3.38. The molecule has 0 saturated carbocycles. The summed E-state index contributed by atoms with van der Waals surface area (Å²) in [4.78, 5) is 22.5. The predicted octanol–water partition coefficient (Wildman–Crippen LogP) is 4.45. The number of benzene rings is 3. The number of aromatic hydroxyl groups is 1. The first-order valence-electron chi connectivity index (χ1n) is 10.4. The van der Waals surface area contributed by atoms with E-state index in [0.717, 1.165) is 10.0 Å². The second-order valence-corrected chi connectivity index (χ2v) is 8.49. The maximum absolute atomic E-state index is 13.2. The molecule has 0 unspecified atom stereocenters. The van der Waals surface area contributed by atoms with Crippen molar-refractivity contribution in [2.75, 3.05) is 5.73 Å². The molecule has 2 heterocycles. The van der Waals surface area contributed by atoms with Gasteiger partial charge in [-0.2, -0.15) is 9.78 Å². The SMILES string of the molecule is Nc1c(C(=O)NCc2ccccc2)c2nc3ccccc3nc2n1/N=C\c1cc(Br)ccc1O. The first-order chi connectivity index (χ1) is 16.5. The van der Waals surface area contributed by atoms with E-state index in [9.17, 15) is 9.90 Å². The van der Waals surface area contributed by atoms with Gasteiger partial charge in [0.1, 0.15) is 22.6 Å².